The summed E-state index contributed by atoms with van der Waals surface area (Å²) in [4.78, 5) is 26.4. The normalized spacial score (nSPS) is 21.6. The first-order valence-corrected chi connectivity index (χ1v) is 15.6. The zero-order valence-corrected chi connectivity index (χ0v) is 23.9. The van der Waals surface area contributed by atoms with E-state index in [2.05, 4.69) is 20.2 Å². The second-order valence-corrected chi connectivity index (χ2v) is 13.2. The van der Waals surface area contributed by atoms with Crippen molar-refractivity contribution in [3.8, 4) is 0 Å². The van der Waals surface area contributed by atoms with E-state index in [-0.39, 0.29) is 11.9 Å². The smallest absolute Gasteiger partial charge is 0.272 e. The number of nitrogens with zero attached hydrogens (tertiary/aromatic N) is 5. The Morgan fingerprint density at radius 2 is 1.71 bits per heavy atom. The van der Waals surface area contributed by atoms with Crippen LogP contribution < -0.4 is 5.32 Å². The first-order valence-electron chi connectivity index (χ1n) is 13.2. The zero-order chi connectivity index (χ0) is 26.9. The van der Waals surface area contributed by atoms with Crippen molar-refractivity contribution in [1.29, 1.82) is 0 Å². The molecular formula is C26H34Cl2N6O3S. The highest BCUT2D eigenvalue weighted by Gasteiger charge is 2.38. The number of nitrogens with one attached hydrogen (secondary N) is 1. The molecule has 3 saturated heterocycles. The van der Waals surface area contributed by atoms with Crippen molar-refractivity contribution in [2.24, 2.45) is 0 Å². The molecule has 206 valence electrons. The van der Waals surface area contributed by atoms with Gasteiger partial charge in [0, 0.05) is 43.8 Å². The third kappa shape index (κ3) is 5.94. The van der Waals surface area contributed by atoms with Crippen LogP contribution in [0.15, 0.2) is 24.5 Å². The number of likely N-dealkylation sites (tertiary alicyclic amines) is 2. The molecule has 0 saturated carbocycles. The minimum Gasteiger partial charge on any atom is -0.366 e. The van der Waals surface area contributed by atoms with Crippen LogP contribution >= 0.6 is 23.2 Å². The molecule has 9 nitrogen and oxygen atoms in total. The van der Waals surface area contributed by atoms with Gasteiger partial charge >= 0.3 is 0 Å². The average Bonchev–Trinajstić information content (AvgIpc) is 3.28. The number of amides is 1. The van der Waals surface area contributed by atoms with Crippen LogP contribution in [0, 0.1) is 6.92 Å². The number of halogens is 2. The van der Waals surface area contributed by atoms with Crippen molar-refractivity contribution in [3.05, 3.63) is 51.4 Å². The Hall–Kier alpha value is -1.98. The lowest BCUT2D eigenvalue weighted by atomic mass is 9.97. The molecule has 3 aliphatic heterocycles. The summed E-state index contributed by atoms with van der Waals surface area (Å²) in [5.74, 6) is 0.839. The molecule has 0 bridgehead atoms. The summed E-state index contributed by atoms with van der Waals surface area (Å²) in [7, 11) is -3.05. The van der Waals surface area contributed by atoms with Crippen LogP contribution in [-0.4, -0.2) is 89.0 Å². The van der Waals surface area contributed by atoms with Crippen molar-refractivity contribution < 1.29 is 13.2 Å². The van der Waals surface area contributed by atoms with Gasteiger partial charge in [0.25, 0.3) is 5.91 Å². The molecule has 1 aromatic heterocycles. The van der Waals surface area contributed by atoms with E-state index in [1.165, 1.54) is 6.33 Å². The van der Waals surface area contributed by atoms with Gasteiger partial charge in [-0.1, -0.05) is 29.3 Å². The number of carbonyl (C=O) groups excluding carboxylic acids is 1. The van der Waals surface area contributed by atoms with Crippen LogP contribution in [0.25, 0.3) is 0 Å². The lowest BCUT2D eigenvalue weighted by molar-refractivity contribution is 0.0537. The molecule has 3 aliphatic rings. The fraction of sp³-hybridized carbons (Fsp3) is 0.577. The molecule has 1 amide bonds. The first-order chi connectivity index (χ1) is 18.2. The van der Waals surface area contributed by atoms with E-state index in [1.807, 2.05) is 17.9 Å². The molecule has 38 heavy (non-hydrogen) atoms. The molecule has 2 aromatic rings. The number of anilines is 1. The third-order valence-electron chi connectivity index (χ3n) is 8.04. The molecule has 12 heteroatoms. The maximum absolute atomic E-state index is 13.4. The maximum atomic E-state index is 13.4. The lowest BCUT2D eigenvalue weighted by Gasteiger charge is -2.43. The topological polar surface area (TPSA) is 98.7 Å². The van der Waals surface area contributed by atoms with E-state index in [4.69, 9.17) is 23.2 Å². The highest BCUT2D eigenvalue weighted by molar-refractivity contribution is 7.89. The summed E-state index contributed by atoms with van der Waals surface area (Å²) in [6.07, 6.45) is 5.76. The summed E-state index contributed by atoms with van der Waals surface area (Å²) in [5.41, 5.74) is 2.10. The Kier molecular flexibility index (Phi) is 8.45. The number of rotatable bonds is 6. The van der Waals surface area contributed by atoms with Gasteiger partial charge in [0.1, 0.15) is 17.8 Å². The molecule has 1 aromatic carbocycles. The number of hydrogen-bond donors (Lipinski definition) is 1. The van der Waals surface area contributed by atoms with Gasteiger partial charge in [-0.2, -0.15) is 4.31 Å². The van der Waals surface area contributed by atoms with Gasteiger partial charge in [-0.05, 0) is 69.8 Å². The van der Waals surface area contributed by atoms with Gasteiger partial charge < -0.3 is 15.1 Å². The second kappa shape index (κ2) is 11.6. The summed E-state index contributed by atoms with van der Waals surface area (Å²) in [6.45, 7) is 6.21. The van der Waals surface area contributed by atoms with Crippen LogP contribution in [0.3, 0.4) is 0 Å². The van der Waals surface area contributed by atoms with Gasteiger partial charge in [0.15, 0.2) is 0 Å². The largest absolute Gasteiger partial charge is 0.366 e. The van der Waals surface area contributed by atoms with Crippen LogP contribution in [0.4, 0.5) is 5.82 Å². The summed E-state index contributed by atoms with van der Waals surface area (Å²) in [6, 6.07) is 6.02. The van der Waals surface area contributed by atoms with E-state index in [0.29, 0.717) is 59.5 Å². The van der Waals surface area contributed by atoms with Crippen molar-refractivity contribution >= 4 is 45.0 Å². The number of carbonyl (C=O) groups is 1. The van der Waals surface area contributed by atoms with Gasteiger partial charge in [-0.25, -0.2) is 18.4 Å². The molecule has 0 unspecified atom stereocenters. The van der Waals surface area contributed by atoms with Crippen molar-refractivity contribution in [2.45, 2.75) is 57.7 Å². The quantitative estimate of drug-likeness (QED) is 0.554. The van der Waals surface area contributed by atoms with E-state index in [0.717, 1.165) is 56.3 Å². The van der Waals surface area contributed by atoms with E-state index < -0.39 is 10.0 Å². The van der Waals surface area contributed by atoms with Gasteiger partial charge in [-0.3, -0.25) is 4.79 Å². The van der Waals surface area contributed by atoms with Crippen LogP contribution in [0.5, 0.6) is 0 Å². The number of sulfonamides is 1. The van der Waals surface area contributed by atoms with E-state index in [1.54, 1.807) is 16.4 Å². The Bertz CT molecular complexity index is 1280. The summed E-state index contributed by atoms with van der Waals surface area (Å²) >= 11 is 12.1. The zero-order valence-electron chi connectivity index (χ0n) is 21.6. The molecule has 5 rings (SSSR count). The Labute approximate surface area is 234 Å². The molecular weight excluding hydrogens is 547 g/mol. The minimum absolute atomic E-state index is 0.0705. The number of aromatic nitrogens is 2. The predicted molar refractivity (Wildman–Crippen MR) is 149 cm³/mol. The fourth-order valence-electron chi connectivity index (χ4n) is 5.87. The molecule has 3 fully saturated rings. The molecule has 0 aliphatic carbocycles. The Morgan fingerprint density at radius 1 is 1.00 bits per heavy atom. The van der Waals surface area contributed by atoms with Crippen LogP contribution in [0.1, 0.15) is 53.7 Å². The number of piperidine rings is 2. The Balaban J connectivity index is 1.14. The minimum atomic E-state index is -3.05. The lowest BCUT2D eigenvalue weighted by Crippen LogP contribution is -2.52. The molecule has 0 radical (unpaired) electrons. The monoisotopic (exact) mass is 580 g/mol. The Morgan fingerprint density at radius 3 is 2.37 bits per heavy atom. The van der Waals surface area contributed by atoms with Gasteiger partial charge in [0.2, 0.25) is 10.0 Å². The van der Waals surface area contributed by atoms with E-state index >= 15 is 0 Å². The number of hydrogen-bond acceptors (Lipinski definition) is 7. The fourth-order valence-corrected chi connectivity index (χ4v) is 7.99. The maximum Gasteiger partial charge on any atom is 0.272 e. The SMILES string of the molecule is Cc1c(NCc2ccc(Cl)c(Cl)c2)ncnc1C(=O)N1CCC(N2CCC(N3CCCS3(=O)=O)CC2)CC1. The van der Waals surface area contributed by atoms with Crippen LogP contribution in [-0.2, 0) is 16.6 Å². The molecule has 4 heterocycles. The molecule has 0 spiro atoms. The first kappa shape index (κ1) is 27.6. The van der Waals surface area contributed by atoms with Gasteiger partial charge in [0.05, 0.1) is 15.8 Å². The predicted octanol–water partition coefficient (Wildman–Crippen LogP) is 3.81. The van der Waals surface area contributed by atoms with Crippen LogP contribution in [0.2, 0.25) is 10.0 Å². The summed E-state index contributed by atoms with van der Waals surface area (Å²) < 4.78 is 26.3. The van der Waals surface area contributed by atoms with Crippen molar-refractivity contribution in [3.63, 3.8) is 0 Å². The highest BCUT2D eigenvalue weighted by atomic mass is 35.5. The van der Waals surface area contributed by atoms with Crippen molar-refractivity contribution in [1.82, 2.24) is 24.1 Å². The molecule has 0 atom stereocenters. The molecule has 1 N–H and O–H groups in total. The van der Waals surface area contributed by atoms with E-state index in [9.17, 15) is 13.2 Å². The van der Waals surface area contributed by atoms with Gasteiger partial charge in [-0.15, -0.1) is 0 Å². The summed E-state index contributed by atoms with van der Waals surface area (Å²) in [5, 5.41) is 4.28. The highest BCUT2D eigenvalue weighted by Crippen LogP contribution is 2.28. The average molecular weight is 582 g/mol. The third-order valence-corrected chi connectivity index (χ3v) is 10.8. The second-order valence-electron chi connectivity index (χ2n) is 10.4. The standard InChI is InChI=1S/C26H34Cl2N6O3S/c1-18-24(30-17-31-25(18)29-16-19-3-4-22(27)23(28)15-19)26(35)33-12-5-20(6-13-33)32-10-7-21(8-11-32)34-9-2-14-38(34,36)37/h3-4,15,17,20-21H,2,5-14,16H2,1H3,(H,29,30,31). The van der Waals surface area contributed by atoms with Crippen molar-refractivity contribution in [2.75, 3.05) is 43.8 Å². The number of benzene rings is 1.